The summed E-state index contributed by atoms with van der Waals surface area (Å²) in [6.07, 6.45) is 1.62. The van der Waals surface area contributed by atoms with E-state index >= 15 is 0 Å². The van der Waals surface area contributed by atoms with Gasteiger partial charge in [-0.2, -0.15) is 0 Å². The van der Waals surface area contributed by atoms with Crippen molar-refractivity contribution in [3.63, 3.8) is 0 Å². The second-order valence-electron chi connectivity index (χ2n) is 7.54. The van der Waals surface area contributed by atoms with E-state index in [-0.39, 0.29) is 17.7 Å². The van der Waals surface area contributed by atoms with E-state index in [4.69, 9.17) is 16.3 Å². The van der Waals surface area contributed by atoms with E-state index in [0.29, 0.717) is 42.5 Å². The van der Waals surface area contributed by atoms with Gasteiger partial charge in [-0.25, -0.2) is 4.98 Å². The molecule has 3 rings (SSSR count). The highest BCUT2D eigenvalue weighted by Gasteiger charge is 2.31. The first-order chi connectivity index (χ1) is 14.4. The van der Waals surface area contributed by atoms with Gasteiger partial charge in [-0.3, -0.25) is 9.59 Å². The summed E-state index contributed by atoms with van der Waals surface area (Å²) >= 11 is 5.91. The molecule has 0 saturated carbocycles. The zero-order valence-electron chi connectivity index (χ0n) is 17.5. The van der Waals surface area contributed by atoms with Crippen molar-refractivity contribution in [2.45, 2.75) is 19.9 Å². The number of benzene rings is 1. The first kappa shape index (κ1) is 21.9. The minimum atomic E-state index is -0.609. The summed E-state index contributed by atoms with van der Waals surface area (Å²) in [7, 11) is 1.52. The first-order valence-electron chi connectivity index (χ1n) is 10.00. The number of pyridine rings is 1. The maximum Gasteiger partial charge on any atom is 0.255 e. The molecule has 160 valence electrons. The summed E-state index contributed by atoms with van der Waals surface area (Å²) in [5, 5.41) is 3.50. The highest BCUT2D eigenvalue weighted by atomic mass is 35.5. The largest absolute Gasteiger partial charge is 0.496 e. The first-order valence-corrected chi connectivity index (χ1v) is 10.4. The molecular weight excluding hydrogens is 404 g/mol. The second kappa shape index (κ2) is 9.80. The number of hydrogen-bond acceptors (Lipinski definition) is 5. The van der Waals surface area contributed by atoms with Crippen LogP contribution in [0.5, 0.6) is 5.75 Å². The maximum absolute atomic E-state index is 13.2. The molecule has 1 saturated heterocycles. The zero-order chi connectivity index (χ0) is 21.7. The molecule has 0 radical (unpaired) electrons. The monoisotopic (exact) mass is 430 g/mol. The Labute approximate surface area is 182 Å². The van der Waals surface area contributed by atoms with E-state index in [2.05, 4.69) is 15.2 Å². The van der Waals surface area contributed by atoms with Crippen LogP contribution in [-0.4, -0.2) is 61.0 Å². The Bertz CT molecular complexity index is 880. The Kier molecular flexibility index (Phi) is 7.15. The van der Waals surface area contributed by atoms with Crippen LogP contribution in [0.15, 0.2) is 42.6 Å². The molecule has 1 atom stereocenters. The number of carbonyl (C=O) groups excluding carboxylic acids is 2. The predicted octanol–water partition coefficient (Wildman–Crippen LogP) is 2.85. The van der Waals surface area contributed by atoms with Gasteiger partial charge in [0.2, 0.25) is 5.91 Å². The van der Waals surface area contributed by atoms with Crippen LogP contribution in [0.1, 0.15) is 24.2 Å². The zero-order valence-corrected chi connectivity index (χ0v) is 18.2. The lowest BCUT2D eigenvalue weighted by Crippen LogP contribution is -2.56. The van der Waals surface area contributed by atoms with Gasteiger partial charge in [0.15, 0.2) is 0 Å². The molecule has 30 heavy (non-hydrogen) atoms. The molecule has 2 aromatic rings. The van der Waals surface area contributed by atoms with E-state index in [9.17, 15) is 9.59 Å². The van der Waals surface area contributed by atoms with Gasteiger partial charge in [-0.05, 0) is 30.2 Å². The third kappa shape index (κ3) is 5.02. The topological polar surface area (TPSA) is 74.8 Å². The number of hydrogen-bond donors (Lipinski definition) is 1. The standard InChI is InChI=1S/C22H27ClN4O3/c1-15(2)20(25-21(28)17-6-4-5-7-18(17)30-3)22(29)27-12-10-26(11-13-27)19-9-8-16(23)14-24-19/h4-9,14-15,20H,10-13H2,1-3H3,(H,25,28). The van der Waals surface area contributed by atoms with Gasteiger partial charge in [0.25, 0.3) is 5.91 Å². The van der Waals surface area contributed by atoms with Crippen molar-refractivity contribution in [3.8, 4) is 5.75 Å². The Morgan fingerprint density at radius 3 is 2.40 bits per heavy atom. The van der Waals surface area contributed by atoms with Crippen molar-refractivity contribution in [3.05, 3.63) is 53.2 Å². The molecule has 2 heterocycles. The average molecular weight is 431 g/mol. The number of rotatable bonds is 6. The summed E-state index contributed by atoms with van der Waals surface area (Å²) < 4.78 is 5.27. The molecule has 1 aliphatic heterocycles. The quantitative estimate of drug-likeness (QED) is 0.762. The number of carbonyl (C=O) groups is 2. The van der Waals surface area contributed by atoms with Crippen LogP contribution in [0.25, 0.3) is 0 Å². The fourth-order valence-corrected chi connectivity index (χ4v) is 3.58. The third-order valence-electron chi connectivity index (χ3n) is 5.20. The molecule has 1 aromatic carbocycles. The molecule has 1 aromatic heterocycles. The lowest BCUT2D eigenvalue weighted by atomic mass is 10.0. The summed E-state index contributed by atoms with van der Waals surface area (Å²) in [5.41, 5.74) is 0.414. The van der Waals surface area contributed by atoms with Gasteiger partial charge in [0.05, 0.1) is 17.7 Å². The normalized spacial score (nSPS) is 15.1. The highest BCUT2D eigenvalue weighted by molar-refractivity contribution is 6.30. The Hall–Kier alpha value is -2.80. The SMILES string of the molecule is COc1ccccc1C(=O)NC(C(=O)N1CCN(c2ccc(Cl)cn2)CC1)C(C)C. The van der Waals surface area contributed by atoms with E-state index < -0.39 is 6.04 Å². The molecule has 8 heteroatoms. The van der Waals surface area contributed by atoms with Crippen LogP contribution in [0.4, 0.5) is 5.82 Å². The number of halogens is 1. The number of aromatic nitrogens is 1. The van der Waals surface area contributed by atoms with Gasteiger partial charge < -0.3 is 19.9 Å². The number of amides is 2. The van der Waals surface area contributed by atoms with Crippen LogP contribution in [0, 0.1) is 5.92 Å². The van der Waals surface area contributed by atoms with Gasteiger partial charge >= 0.3 is 0 Å². The fourth-order valence-electron chi connectivity index (χ4n) is 3.47. The Balaban J connectivity index is 1.64. The van der Waals surface area contributed by atoms with Gasteiger partial charge in [-0.1, -0.05) is 37.6 Å². The summed E-state index contributed by atoms with van der Waals surface area (Å²) in [5.74, 6) is 0.887. The number of anilines is 1. The number of ether oxygens (including phenoxy) is 1. The molecule has 0 spiro atoms. The van der Waals surface area contributed by atoms with Crippen molar-refractivity contribution in [2.75, 3.05) is 38.2 Å². The molecule has 1 aliphatic rings. The van der Waals surface area contributed by atoms with Gasteiger partial charge in [-0.15, -0.1) is 0 Å². The van der Waals surface area contributed by atoms with Crippen LogP contribution in [0.2, 0.25) is 5.02 Å². The highest BCUT2D eigenvalue weighted by Crippen LogP contribution is 2.19. The fraction of sp³-hybridized carbons (Fsp3) is 0.409. The third-order valence-corrected chi connectivity index (χ3v) is 5.42. The molecule has 0 aliphatic carbocycles. The van der Waals surface area contributed by atoms with Crippen LogP contribution < -0.4 is 15.0 Å². The second-order valence-corrected chi connectivity index (χ2v) is 7.98. The summed E-state index contributed by atoms with van der Waals surface area (Å²) in [6, 6.07) is 10.1. The van der Waals surface area contributed by atoms with Crippen molar-refractivity contribution in [1.29, 1.82) is 0 Å². The molecule has 7 nitrogen and oxygen atoms in total. The minimum absolute atomic E-state index is 0.0490. The molecule has 1 N–H and O–H groups in total. The molecular formula is C22H27ClN4O3. The summed E-state index contributed by atoms with van der Waals surface area (Å²) in [4.78, 5) is 34.3. The van der Waals surface area contributed by atoms with Crippen molar-refractivity contribution in [1.82, 2.24) is 15.2 Å². The van der Waals surface area contributed by atoms with Crippen molar-refractivity contribution in [2.24, 2.45) is 5.92 Å². The van der Waals surface area contributed by atoms with E-state index in [1.165, 1.54) is 7.11 Å². The van der Waals surface area contributed by atoms with Gasteiger partial charge in [0, 0.05) is 32.4 Å². The van der Waals surface area contributed by atoms with E-state index in [0.717, 1.165) is 5.82 Å². The molecule has 1 fully saturated rings. The number of para-hydroxylation sites is 1. The number of methoxy groups -OCH3 is 1. The maximum atomic E-state index is 13.2. The number of piperazine rings is 1. The average Bonchev–Trinajstić information content (AvgIpc) is 2.77. The van der Waals surface area contributed by atoms with Crippen LogP contribution in [0.3, 0.4) is 0 Å². The Morgan fingerprint density at radius 2 is 1.80 bits per heavy atom. The van der Waals surface area contributed by atoms with Crippen LogP contribution in [-0.2, 0) is 4.79 Å². The van der Waals surface area contributed by atoms with E-state index in [1.807, 2.05) is 26.0 Å². The van der Waals surface area contributed by atoms with Gasteiger partial charge in [0.1, 0.15) is 17.6 Å². The number of nitrogens with zero attached hydrogens (tertiary/aromatic N) is 3. The van der Waals surface area contributed by atoms with E-state index in [1.54, 1.807) is 35.4 Å². The lowest BCUT2D eigenvalue weighted by molar-refractivity contribution is -0.134. The number of nitrogens with one attached hydrogen (secondary N) is 1. The van der Waals surface area contributed by atoms with Crippen molar-refractivity contribution < 1.29 is 14.3 Å². The van der Waals surface area contributed by atoms with Crippen LogP contribution >= 0.6 is 11.6 Å². The minimum Gasteiger partial charge on any atom is -0.496 e. The molecule has 0 bridgehead atoms. The lowest BCUT2D eigenvalue weighted by Gasteiger charge is -2.37. The smallest absolute Gasteiger partial charge is 0.255 e. The Morgan fingerprint density at radius 1 is 1.10 bits per heavy atom. The molecule has 1 unspecified atom stereocenters. The van der Waals surface area contributed by atoms with Crippen molar-refractivity contribution >= 4 is 29.2 Å². The molecule has 2 amide bonds. The summed E-state index contributed by atoms with van der Waals surface area (Å²) in [6.45, 7) is 6.34. The predicted molar refractivity (Wildman–Crippen MR) is 117 cm³/mol.